The van der Waals surface area contributed by atoms with Crippen LogP contribution >= 0.6 is 24.0 Å². The molecule has 0 aromatic carbocycles. The first-order valence-corrected chi connectivity index (χ1v) is 10.7. The Morgan fingerprint density at radius 3 is 2.52 bits per heavy atom. The maximum Gasteiger partial charge on any atom is 0.243 e. The van der Waals surface area contributed by atoms with E-state index >= 15 is 0 Å². The fourth-order valence-electron chi connectivity index (χ4n) is 3.47. The van der Waals surface area contributed by atoms with Gasteiger partial charge in [0.05, 0.1) is 13.2 Å². The molecule has 31 heavy (non-hydrogen) atoms. The predicted molar refractivity (Wildman–Crippen MR) is 132 cm³/mol. The van der Waals surface area contributed by atoms with E-state index in [0.29, 0.717) is 12.0 Å². The van der Waals surface area contributed by atoms with Gasteiger partial charge in [0.15, 0.2) is 5.96 Å². The number of nitrogens with zero attached hydrogens (tertiary/aromatic N) is 6. The lowest BCUT2D eigenvalue weighted by Crippen LogP contribution is -2.50. The number of guanidine groups is 1. The molecule has 2 N–H and O–H groups in total. The van der Waals surface area contributed by atoms with Crippen molar-refractivity contribution in [1.82, 2.24) is 30.4 Å². The van der Waals surface area contributed by atoms with E-state index in [1.165, 1.54) is 0 Å². The maximum atomic E-state index is 12.0. The van der Waals surface area contributed by atoms with Crippen LogP contribution in [0.15, 0.2) is 23.5 Å². The van der Waals surface area contributed by atoms with Gasteiger partial charge in [-0.15, -0.1) is 24.0 Å². The van der Waals surface area contributed by atoms with E-state index in [0.717, 1.165) is 71.3 Å². The first kappa shape index (κ1) is 25.5. The first-order chi connectivity index (χ1) is 14.6. The number of aromatic nitrogens is 2. The number of aliphatic imine (C=N–C) groups is 1. The van der Waals surface area contributed by atoms with Gasteiger partial charge in [-0.3, -0.25) is 9.69 Å². The zero-order valence-electron chi connectivity index (χ0n) is 18.5. The van der Waals surface area contributed by atoms with Gasteiger partial charge in [-0.2, -0.15) is 0 Å². The summed E-state index contributed by atoms with van der Waals surface area (Å²) in [7, 11) is 3.50. The molecule has 1 aromatic heterocycles. The van der Waals surface area contributed by atoms with Crippen molar-refractivity contribution in [2.45, 2.75) is 18.9 Å². The van der Waals surface area contributed by atoms with Gasteiger partial charge in [0.1, 0.15) is 6.54 Å². The summed E-state index contributed by atoms with van der Waals surface area (Å²) in [6.45, 7) is 7.12. The Hall–Kier alpha value is -1.73. The lowest BCUT2D eigenvalue weighted by molar-refractivity contribution is -0.127. The van der Waals surface area contributed by atoms with Crippen LogP contribution in [0.5, 0.6) is 0 Å². The molecule has 11 heteroatoms. The normalized spacial score (nSPS) is 18.3. The highest BCUT2D eigenvalue weighted by atomic mass is 127. The highest BCUT2D eigenvalue weighted by Gasteiger charge is 2.22. The number of ether oxygens (including phenoxy) is 1. The highest BCUT2D eigenvalue weighted by molar-refractivity contribution is 14.0. The summed E-state index contributed by atoms with van der Waals surface area (Å²) in [6, 6.07) is 2.13. The van der Waals surface area contributed by atoms with Gasteiger partial charge in [0.2, 0.25) is 11.9 Å². The molecule has 1 amide bonds. The Morgan fingerprint density at radius 1 is 1.19 bits per heavy atom. The SMILES string of the molecule is CN(C)C(=O)CN=C(NCCN1CCOCC1)NC1CCN(c2ncccn2)CC1.I. The number of nitrogens with one attached hydrogen (secondary N) is 2. The van der Waals surface area contributed by atoms with Crippen molar-refractivity contribution in [1.29, 1.82) is 0 Å². The number of likely N-dealkylation sites (N-methyl/N-ethyl adjacent to an activating group) is 1. The van der Waals surface area contributed by atoms with Gasteiger partial charge in [-0.1, -0.05) is 0 Å². The van der Waals surface area contributed by atoms with Crippen LogP contribution in [0.1, 0.15) is 12.8 Å². The summed E-state index contributed by atoms with van der Waals surface area (Å²) >= 11 is 0. The second kappa shape index (κ2) is 13.6. The molecule has 0 spiro atoms. The molecule has 3 rings (SSSR count). The van der Waals surface area contributed by atoms with Crippen molar-refractivity contribution in [3.63, 3.8) is 0 Å². The summed E-state index contributed by atoms with van der Waals surface area (Å²) in [5.74, 6) is 1.47. The number of rotatable bonds is 7. The number of carbonyl (C=O) groups is 1. The fraction of sp³-hybridized carbons (Fsp3) is 0.700. The van der Waals surface area contributed by atoms with Gasteiger partial charge < -0.3 is 25.2 Å². The minimum atomic E-state index is -0.0136. The molecule has 2 aliphatic heterocycles. The summed E-state index contributed by atoms with van der Waals surface area (Å²) in [5, 5.41) is 6.92. The van der Waals surface area contributed by atoms with Gasteiger partial charge >= 0.3 is 0 Å². The van der Waals surface area contributed by atoms with Gasteiger partial charge in [0, 0.05) is 71.8 Å². The van der Waals surface area contributed by atoms with Crippen LogP contribution in [0, 0.1) is 0 Å². The van der Waals surface area contributed by atoms with E-state index in [1.54, 1.807) is 31.4 Å². The van der Waals surface area contributed by atoms with Crippen LogP contribution in [-0.2, 0) is 9.53 Å². The minimum absolute atomic E-state index is 0. The second-order valence-electron chi connectivity index (χ2n) is 7.79. The summed E-state index contributed by atoms with van der Waals surface area (Å²) in [4.78, 5) is 31.3. The van der Waals surface area contributed by atoms with Crippen LogP contribution in [-0.4, -0.2) is 111 Å². The van der Waals surface area contributed by atoms with Crippen LogP contribution in [0.2, 0.25) is 0 Å². The monoisotopic (exact) mass is 546 g/mol. The maximum absolute atomic E-state index is 12.0. The Labute approximate surface area is 201 Å². The molecule has 0 radical (unpaired) electrons. The molecule has 0 saturated carbocycles. The van der Waals surface area contributed by atoms with E-state index in [1.807, 2.05) is 6.07 Å². The summed E-state index contributed by atoms with van der Waals surface area (Å²) in [6.07, 6.45) is 5.48. The zero-order valence-corrected chi connectivity index (χ0v) is 20.8. The molecule has 3 heterocycles. The standard InChI is InChI=1S/C20H34N8O2.HI/c1-26(2)18(29)16-24-19(21-8-11-27-12-14-30-15-13-27)25-17-4-9-28(10-5-17)20-22-6-3-7-23-20;/h3,6-7,17H,4-5,8-16H2,1-2H3,(H2,21,24,25);1H. The zero-order chi connectivity index (χ0) is 21.2. The number of halogens is 1. The van der Waals surface area contributed by atoms with Crippen molar-refractivity contribution < 1.29 is 9.53 Å². The third-order valence-electron chi connectivity index (χ3n) is 5.37. The molecule has 0 unspecified atom stereocenters. The predicted octanol–water partition coefficient (Wildman–Crippen LogP) is 0.0190. The molecule has 2 aliphatic rings. The third kappa shape index (κ3) is 8.73. The minimum Gasteiger partial charge on any atom is -0.379 e. The second-order valence-corrected chi connectivity index (χ2v) is 7.79. The number of hydrogen-bond acceptors (Lipinski definition) is 7. The van der Waals surface area contributed by atoms with E-state index in [2.05, 4.69) is 35.4 Å². The van der Waals surface area contributed by atoms with Gasteiger partial charge in [-0.25, -0.2) is 15.0 Å². The Bertz CT molecular complexity index is 677. The van der Waals surface area contributed by atoms with Crippen LogP contribution in [0.3, 0.4) is 0 Å². The first-order valence-electron chi connectivity index (χ1n) is 10.7. The number of piperidine rings is 1. The highest BCUT2D eigenvalue weighted by Crippen LogP contribution is 2.15. The number of carbonyl (C=O) groups excluding carboxylic acids is 1. The van der Waals surface area contributed by atoms with Crippen molar-refractivity contribution in [3.8, 4) is 0 Å². The molecule has 0 aliphatic carbocycles. The Kier molecular flexibility index (Phi) is 11.2. The average Bonchev–Trinajstić information content (AvgIpc) is 2.79. The van der Waals surface area contributed by atoms with Crippen LogP contribution in [0.25, 0.3) is 0 Å². The summed E-state index contributed by atoms with van der Waals surface area (Å²) in [5.41, 5.74) is 0. The van der Waals surface area contributed by atoms with Crippen molar-refractivity contribution in [2.75, 3.05) is 78.0 Å². The molecule has 2 saturated heterocycles. The van der Waals surface area contributed by atoms with Crippen molar-refractivity contribution in [3.05, 3.63) is 18.5 Å². The van der Waals surface area contributed by atoms with Crippen molar-refractivity contribution >= 4 is 41.8 Å². The smallest absolute Gasteiger partial charge is 0.243 e. The van der Waals surface area contributed by atoms with E-state index in [-0.39, 0.29) is 36.4 Å². The quantitative estimate of drug-likeness (QED) is 0.281. The van der Waals surface area contributed by atoms with Crippen LogP contribution in [0.4, 0.5) is 5.95 Å². The molecular weight excluding hydrogens is 511 g/mol. The Balaban J connectivity index is 0.00000341. The van der Waals surface area contributed by atoms with Crippen molar-refractivity contribution in [2.24, 2.45) is 4.99 Å². The molecular formula is C20H35IN8O2. The molecule has 1 aromatic rings. The lowest BCUT2D eigenvalue weighted by atomic mass is 10.1. The molecule has 10 nitrogen and oxygen atoms in total. The van der Waals surface area contributed by atoms with Crippen LogP contribution < -0.4 is 15.5 Å². The Morgan fingerprint density at radius 2 is 1.87 bits per heavy atom. The largest absolute Gasteiger partial charge is 0.379 e. The number of anilines is 1. The topological polar surface area (TPSA) is 98.2 Å². The van der Waals surface area contributed by atoms with E-state index in [4.69, 9.17) is 4.74 Å². The molecule has 174 valence electrons. The van der Waals surface area contributed by atoms with Gasteiger partial charge in [0.25, 0.3) is 0 Å². The molecule has 0 atom stereocenters. The fourth-order valence-corrected chi connectivity index (χ4v) is 3.47. The number of morpholine rings is 1. The lowest BCUT2D eigenvalue weighted by Gasteiger charge is -2.33. The van der Waals surface area contributed by atoms with E-state index in [9.17, 15) is 4.79 Å². The number of amides is 1. The van der Waals surface area contributed by atoms with Gasteiger partial charge in [-0.05, 0) is 18.9 Å². The molecule has 0 bridgehead atoms. The van der Waals surface area contributed by atoms with E-state index < -0.39 is 0 Å². The average molecular weight is 546 g/mol. The molecule has 2 fully saturated rings. The summed E-state index contributed by atoms with van der Waals surface area (Å²) < 4.78 is 5.40. The number of hydrogen-bond donors (Lipinski definition) is 2. The third-order valence-corrected chi connectivity index (χ3v) is 5.37.